The SMILES string of the molecule is COc1cccc(CCC(C)=O)n1. The van der Waals surface area contributed by atoms with E-state index in [1.807, 2.05) is 12.1 Å². The summed E-state index contributed by atoms with van der Waals surface area (Å²) in [6.07, 6.45) is 1.23. The molecule has 13 heavy (non-hydrogen) atoms. The molecule has 1 aromatic heterocycles. The van der Waals surface area contributed by atoms with Crippen LogP contribution in [-0.4, -0.2) is 17.9 Å². The molecular formula is C10H13NO2. The van der Waals surface area contributed by atoms with E-state index in [0.29, 0.717) is 18.7 Å². The van der Waals surface area contributed by atoms with Gasteiger partial charge in [0.2, 0.25) is 5.88 Å². The number of pyridine rings is 1. The van der Waals surface area contributed by atoms with Crippen molar-refractivity contribution >= 4 is 5.78 Å². The van der Waals surface area contributed by atoms with Gasteiger partial charge in [-0.15, -0.1) is 0 Å². The molecule has 0 aliphatic rings. The summed E-state index contributed by atoms with van der Waals surface area (Å²) >= 11 is 0. The summed E-state index contributed by atoms with van der Waals surface area (Å²) < 4.78 is 4.97. The molecule has 0 saturated carbocycles. The number of hydrogen-bond acceptors (Lipinski definition) is 3. The zero-order valence-corrected chi connectivity index (χ0v) is 7.91. The lowest BCUT2D eigenvalue weighted by molar-refractivity contribution is -0.116. The summed E-state index contributed by atoms with van der Waals surface area (Å²) in [6, 6.07) is 5.56. The molecule has 1 heterocycles. The fourth-order valence-corrected chi connectivity index (χ4v) is 1.01. The van der Waals surface area contributed by atoms with Crippen LogP contribution in [0.5, 0.6) is 5.88 Å². The number of hydrogen-bond donors (Lipinski definition) is 0. The third-order valence-electron chi connectivity index (χ3n) is 1.72. The van der Waals surface area contributed by atoms with Gasteiger partial charge in [0.25, 0.3) is 0 Å². The lowest BCUT2D eigenvalue weighted by atomic mass is 10.2. The van der Waals surface area contributed by atoms with Crippen molar-refractivity contribution in [3.8, 4) is 5.88 Å². The molecule has 0 aliphatic carbocycles. The van der Waals surface area contributed by atoms with E-state index >= 15 is 0 Å². The maximum atomic E-state index is 10.7. The van der Waals surface area contributed by atoms with Crippen LogP contribution in [0.25, 0.3) is 0 Å². The van der Waals surface area contributed by atoms with Gasteiger partial charge in [-0.2, -0.15) is 0 Å². The van der Waals surface area contributed by atoms with Crippen molar-refractivity contribution < 1.29 is 9.53 Å². The largest absolute Gasteiger partial charge is 0.481 e. The Hall–Kier alpha value is -1.38. The molecule has 0 amide bonds. The molecule has 0 aliphatic heterocycles. The van der Waals surface area contributed by atoms with Gasteiger partial charge in [0.05, 0.1) is 7.11 Å². The van der Waals surface area contributed by atoms with Gasteiger partial charge in [0.1, 0.15) is 5.78 Å². The second kappa shape index (κ2) is 4.60. The molecule has 0 N–H and O–H groups in total. The molecule has 70 valence electrons. The summed E-state index contributed by atoms with van der Waals surface area (Å²) in [7, 11) is 1.58. The van der Waals surface area contributed by atoms with Crippen LogP contribution in [0.4, 0.5) is 0 Å². The second-order valence-corrected chi connectivity index (χ2v) is 2.87. The summed E-state index contributed by atoms with van der Waals surface area (Å²) in [5.41, 5.74) is 0.898. The Morgan fingerprint density at radius 2 is 2.31 bits per heavy atom. The number of aryl methyl sites for hydroxylation is 1. The highest BCUT2D eigenvalue weighted by Gasteiger charge is 1.99. The molecule has 0 radical (unpaired) electrons. The van der Waals surface area contributed by atoms with Gasteiger partial charge in [-0.25, -0.2) is 4.98 Å². The molecule has 0 saturated heterocycles. The summed E-state index contributed by atoms with van der Waals surface area (Å²) in [5, 5.41) is 0. The normalized spacial score (nSPS) is 9.69. The van der Waals surface area contributed by atoms with Crippen LogP contribution in [0.15, 0.2) is 18.2 Å². The number of carbonyl (C=O) groups is 1. The molecule has 0 unspecified atom stereocenters. The molecule has 3 heteroatoms. The highest BCUT2D eigenvalue weighted by Crippen LogP contribution is 2.08. The number of carbonyl (C=O) groups excluding carboxylic acids is 1. The standard InChI is InChI=1S/C10H13NO2/c1-8(12)6-7-9-4-3-5-10(11-9)13-2/h3-5H,6-7H2,1-2H3. The average Bonchev–Trinajstić information content (AvgIpc) is 2.15. The van der Waals surface area contributed by atoms with E-state index in [-0.39, 0.29) is 5.78 Å². The summed E-state index contributed by atoms with van der Waals surface area (Å²) in [6.45, 7) is 1.58. The highest BCUT2D eigenvalue weighted by atomic mass is 16.5. The minimum Gasteiger partial charge on any atom is -0.481 e. The molecule has 0 bridgehead atoms. The Morgan fingerprint density at radius 1 is 1.54 bits per heavy atom. The number of ketones is 1. The van der Waals surface area contributed by atoms with E-state index in [9.17, 15) is 4.79 Å². The predicted octanol–water partition coefficient (Wildman–Crippen LogP) is 1.61. The Labute approximate surface area is 77.8 Å². The Morgan fingerprint density at radius 3 is 2.92 bits per heavy atom. The second-order valence-electron chi connectivity index (χ2n) is 2.87. The van der Waals surface area contributed by atoms with Gasteiger partial charge in [0, 0.05) is 18.2 Å². The van der Waals surface area contributed by atoms with Crippen molar-refractivity contribution in [3.63, 3.8) is 0 Å². The number of Topliss-reactive ketones (excluding diaryl/α,β-unsaturated/α-hetero) is 1. The summed E-state index contributed by atoms with van der Waals surface area (Å²) in [4.78, 5) is 14.9. The van der Waals surface area contributed by atoms with Crippen molar-refractivity contribution in [3.05, 3.63) is 23.9 Å². The Balaban J connectivity index is 2.61. The lowest BCUT2D eigenvalue weighted by Crippen LogP contribution is -1.97. The molecule has 1 aromatic rings. The maximum absolute atomic E-state index is 10.7. The predicted molar refractivity (Wildman–Crippen MR) is 49.8 cm³/mol. The van der Waals surface area contributed by atoms with E-state index in [2.05, 4.69) is 4.98 Å². The third-order valence-corrected chi connectivity index (χ3v) is 1.72. The van der Waals surface area contributed by atoms with Crippen LogP contribution < -0.4 is 4.74 Å². The van der Waals surface area contributed by atoms with Crippen LogP contribution in [0, 0.1) is 0 Å². The smallest absolute Gasteiger partial charge is 0.213 e. The number of ether oxygens (including phenoxy) is 1. The van der Waals surface area contributed by atoms with E-state index in [0.717, 1.165) is 5.69 Å². The number of nitrogens with zero attached hydrogens (tertiary/aromatic N) is 1. The first-order valence-corrected chi connectivity index (χ1v) is 4.21. The van der Waals surface area contributed by atoms with Gasteiger partial charge in [0.15, 0.2) is 0 Å². The monoisotopic (exact) mass is 179 g/mol. The van der Waals surface area contributed by atoms with Crippen LogP contribution in [-0.2, 0) is 11.2 Å². The van der Waals surface area contributed by atoms with Crippen LogP contribution in [0.1, 0.15) is 19.0 Å². The van der Waals surface area contributed by atoms with Crippen molar-refractivity contribution in [2.75, 3.05) is 7.11 Å². The number of aromatic nitrogens is 1. The van der Waals surface area contributed by atoms with E-state index in [1.54, 1.807) is 20.1 Å². The highest BCUT2D eigenvalue weighted by molar-refractivity contribution is 5.75. The van der Waals surface area contributed by atoms with Crippen LogP contribution in [0.3, 0.4) is 0 Å². The van der Waals surface area contributed by atoms with Gasteiger partial charge >= 0.3 is 0 Å². The first-order chi connectivity index (χ1) is 6.22. The molecule has 0 aromatic carbocycles. The summed E-state index contributed by atoms with van der Waals surface area (Å²) in [5.74, 6) is 0.783. The van der Waals surface area contributed by atoms with Gasteiger partial charge in [-0.1, -0.05) is 6.07 Å². The van der Waals surface area contributed by atoms with Gasteiger partial charge < -0.3 is 9.53 Å². The molecule has 3 nitrogen and oxygen atoms in total. The van der Waals surface area contributed by atoms with Gasteiger partial charge in [-0.3, -0.25) is 0 Å². The molecule has 0 atom stereocenters. The zero-order chi connectivity index (χ0) is 9.68. The van der Waals surface area contributed by atoms with Crippen LogP contribution in [0.2, 0.25) is 0 Å². The minimum atomic E-state index is 0.185. The Kier molecular flexibility index (Phi) is 3.43. The third kappa shape index (κ3) is 3.23. The number of rotatable bonds is 4. The van der Waals surface area contributed by atoms with Crippen molar-refractivity contribution in [1.82, 2.24) is 4.98 Å². The quantitative estimate of drug-likeness (QED) is 0.705. The lowest BCUT2D eigenvalue weighted by Gasteiger charge is -2.01. The van der Waals surface area contributed by atoms with Crippen molar-refractivity contribution in [2.24, 2.45) is 0 Å². The van der Waals surface area contributed by atoms with Crippen molar-refractivity contribution in [1.29, 1.82) is 0 Å². The Bertz CT molecular complexity index is 297. The average molecular weight is 179 g/mol. The molecule has 1 rings (SSSR count). The van der Waals surface area contributed by atoms with E-state index < -0.39 is 0 Å². The first-order valence-electron chi connectivity index (χ1n) is 4.21. The first kappa shape index (κ1) is 9.71. The van der Waals surface area contributed by atoms with Crippen molar-refractivity contribution in [2.45, 2.75) is 19.8 Å². The van der Waals surface area contributed by atoms with Gasteiger partial charge in [-0.05, 0) is 19.4 Å². The maximum Gasteiger partial charge on any atom is 0.213 e. The molecular weight excluding hydrogens is 166 g/mol. The fourth-order valence-electron chi connectivity index (χ4n) is 1.01. The zero-order valence-electron chi connectivity index (χ0n) is 7.91. The molecule has 0 spiro atoms. The number of methoxy groups -OCH3 is 1. The fraction of sp³-hybridized carbons (Fsp3) is 0.400. The van der Waals surface area contributed by atoms with Crippen LogP contribution >= 0.6 is 0 Å². The molecule has 0 fully saturated rings. The topological polar surface area (TPSA) is 39.2 Å². The minimum absolute atomic E-state index is 0.185. The van der Waals surface area contributed by atoms with E-state index in [4.69, 9.17) is 4.74 Å². The van der Waals surface area contributed by atoms with E-state index in [1.165, 1.54) is 0 Å².